The van der Waals surface area contributed by atoms with Crippen LogP contribution < -0.4 is 5.73 Å². The van der Waals surface area contributed by atoms with Gasteiger partial charge in [-0.05, 0) is 12.0 Å². The molecule has 1 aromatic rings. The average Bonchev–Trinajstić information content (AvgIpc) is 2.59. The molecule has 1 aliphatic rings. The van der Waals surface area contributed by atoms with Gasteiger partial charge in [-0.3, -0.25) is 9.69 Å². The van der Waals surface area contributed by atoms with E-state index >= 15 is 0 Å². The number of ether oxygens (including phenoxy) is 1. The molecule has 138 valence electrons. The Bertz CT molecular complexity index is 450. The van der Waals surface area contributed by atoms with Crippen molar-refractivity contribution in [3.8, 4) is 0 Å². The van der Waals surface area contributed by atoms with E-state index in [2.05, 4.69) is 29.2 Å². The van der Waals surface area contributed by atoms with Crippen molar-refractivity contribution in [3.63, 3.8) is 0 Å². The van der Waals surface area contributed by atoms with Gasteiger partial charge in [-0.2, -0.15) is 0 Å². The Labute approximate surface area is 157 Å². The minimum absolute atomic E-state index is 0. The molecule has 2 rings (SSSR count). The van der Waals surface area contributed by atoms with E-state index in [1.54, 1.807) is 7.11 Å². The third-order valence-corrected chi connectivity index (χ3v) is 4.28. The molecular formula is C17H29Cl2N3O2. The summed E-state index contributed by atoms with van der Waals surface area (Å²) in [7, 11) is 1.60. The Balaban J connectivity index is 0.00000264. The Morgan fingerprint density at radius 1 is 1.17 bits per heavy atom. The Kier molecular flexibility index (Phi) is 12.1. The van der Waals surface area contributed by atoms with E-state index in [1.165, 1.54) is 5.56 Å². The van der Waals surface area contributed by atoms with Crippen LogP contribution in [0.1, 0.15) is 12.0 Å². The van der Waals surface area contributed by atoms with E-state index in [0.29, 0.717) is 13.0 Å². The Hall–Kier alpha value is -0.850. The summed E-state index contributed by atoms with van der Waals surface area (Å²) in [6.45, 7) is 4.93. The topological polar surface area (TPSA) is 58.8 Å². The third-order valence-electron chi connectivity index (χ3n) is 4.28. The monoisotopic (exact) mass is 377 g/mol. The highest BCUT2D eigenvalue weighted by atomic mass is 35.5. The van der Waals surface area contributed by atoms with Crippen LogP contribution in [-0.2, 0) is 16.0 Å². The summed E-state index contributed by atoms with van der Waals surface area (Å²) in [5.74, 6) is 0.153. The minimum Gasteiger partial charge on any atom is -0.380 e. The van der Waals surface area contributed by atoms with Crippen LogP contribution in [-0.4, -0.2) is 68.2 Å². The molecule has 5 nitrogen and oxygen atoms in total. The van der Waals surface area contributed by atoms with Crippen molar-refractivity contribution in [2.24, 2.45) is 5.73 Å². The van der Waals surface area contributed by atoms with Crippen LogP contribution in [0.5, 0.6) is 0 Å². The molecule has 1 saturated heterocycles. The number of carbonyl (C=O) groups is 1. The van der Waals surface area contributed by atoms with Gasteiger partial charge in [0.15, 0.2) is 0 Å². The van der Waals surface area contributed by atoms with Gasteiger partial charge in [-0.25, -0.2) is 0 Å². The molecule has 24 heavy (non-hydrogen) atoms. The lowest BCUT2D eigenvalue weighted by Gasteiger charge is -2.35. The Morgan fingerprint density at radius 3 is 2.33 bits per heavy atom. The highest BCUT2D eigenvalue weighted by molar-refractivity contribution is 5.85. The maximum absolute atomic E-state index is 12.2. The minimum atomic E-state index is -0.163. The quantitative estimate of drug-likeness (QED) is 0.783. The van der Waals surface area contributed by atoms with Crippen LogP contribution in [0.15, 0.2) is 30.3 Å². The predicted octanol–water partition coefficient (Wildman–Crippen LogP) is 1.58. The SMILES string of the molecule is COC(CN)CC(=O)N1CCN(CCc2ccccc2)CC1.Cl.Cl. The fourth-order valence-electron chi connectivity index (χ4n) is 2.74. The van der Waals surface area contributed by atoms with Gasteiger partial charge in [0, 0.05) is 46.4 Å². The van der Waals surface area contributed by atoms with Crippen molar-refractivity contribution in [2.45, 2.75) is 18.9 Å². The second-order valence-corrected chi connectivity index (χ2v) is 5.76. The van der Waals surface area contributed by atoms with Gasteiger partial charge < -0.3 is 15.4 Å². The first-order valence-electron chi connectivity index (χ1n) is 8.00. The molecule has 0 aliphatic carbocycles. The molecule has 1 aromatic carbocycles. The van der Waals surface area contributed by atoms with E-state index in [4.69, 9.17) is 10.5 Å². The van der Waals surface area contributed by atoms with E-state index < -0.39 is 0 Å². The number of piperazine rings is 1. The van der Waals surface area contributed by atoms with Crippen LogP contribution in [0.2, 0.25) is 0 Å². The predicted molar refractivity (Wildman–Crippen MR) is 102 cm³/mol. The number of benzene rings is 1. The third kappa shape index (κ3) is 7.36. The number of nitrogens with zero attached hydrogens (tertiary/aromatic N) is 2. The first-order valence-corrected chi connectivity index (χ1v) is 8.00. The number of carbonyl (C=O) groups excluding carboxylic acids is 1. The maximum atomic E-state index is 12.2. The normalized spacial score (nSPS) is 16.0. The van der Waals surface area contributed by atoms with Crippen molar-refractivity contribution in [3.05, 3.63) is 35.9 Å². The largest absolute Gasteiger partial charge is 0.380 e. The summed E-state index contributed by atoms with van der Waals surface area (Å²) in [6, 6.07) is 10.5. The summed E-state index contributed by atoms with van der Waals surface area (Å²) in [5.41, 5.74) is 6.94. The highest BCUT2D eigenvalue weighted by Crippen LogP contribution is 2.08. The van der Waals surface area contributed by atoms with Gasteiger partial charge >= 0.3 is 0 Å². The molecule has 1 atom stereocenters. The number of halogens is 2. The van der Waals surface area contributed by atoms with E-state index in [-0.39, 0.29) is 36.8 Å². The van der Waals surface area contributed by atoms with Crippen molar-refractivity contribution >= 4 is 30.7 Å². The molecule has 1 heterocycles. The molecule has 1 amide bonds. The molecule has 0 bridgehead atoms. The lowest BCUT2D eigenvalue weighted by atomic mass is 10.1. The zero-order chi connectivity index (χ0) is 15.8. The van der Waals surface area contributed by atoms with Crippen molar-refractivity contribution in [1.82, 2.24) is 9.80 Å². The average molecular weight is 378 g/mol. The number of hydrogen-bond donors (Lipinski definition) is 1. The molecule has 1 fully saturated rings. The molecule has 1 aliphatic heterocycles. The molecular weight excluding hydrogens is 349 g/mol. The van der Waals surface area contributed by atoms with Crippen LogP contribution in [0, 0.1) is 0 Å². The van der Waals surface area contributed by atoms with Gasteiger partial charge in [0.2, 0.25) is 5.91 Å². The van der Waals surface area contributed by atoms with Crippen LogP contribution in [0.4, 0.5) is 0 Å². The van der Waals surface area contributed by atoms with Gasteiger partial charge in [-0.1, -0.05) is 30.3 Å². The number of nitrogens with two attached hydrogens (primary N) is 1. The lowest BCUT2D eigenvalue weighted by Crippen LogP contribution is -2.50. The van der Waals surface area contributed by atoms with E-state index in [1.807, 2.05) is 11.0 Å². The second kappa shape index (κ2) is 12.5. The van der Waals surface area contributed by atoms with Crippen LogP contribution in [0.25, 0.3) is 0 Å². The molecule has 7 heteroatoms. The first kappa shape index (κ1) is 23.1. The van der Waals surface area contributed by atoms with Crippen LogP contribution >= 0.6 is 24.8 Å². The molecule has 0 saturated carbocycles. The van der Waals surface area contributed by atoms with Crippen molar-refractivity contribution < 1.29 is 9.53 Å². The first-order chi connectivity index (χ1) is 10.7. The van der Waals surface area contributed by atoms with E-state index in [0.717, 1.165) is 39.1 Å². The number of amides is 1. The molecule has 2 N–H and O–H groups in total. The molecule has 0 spiro atoms. The van der Waals surface area contributed by atoms with Gasteiger partial charge in [0.05, 0.1) is 12.5 Å². The number of hydrogen-bond acceptors (Lipinski definition) is 4. The summed E-state index contributed by atoms with van der Waals surface area (Å²) < 4.78 is 5.19. The maximum Gasteiger partial charge on any atom is 0.225 e. The molecule has 0 aromatic heterocycles. The van der Waals surface area contributed by atoms with Gasteiger partial charge in [-0.15, -0.1) is 24.8 Å². The van der Waals surface area contributed by atoms with Crippen molar-refractivity contribution in [2.75, 3.05) is 46.4 Å². The summed E-state index contributed by atoms with van der Waals surface area (Å²) >= 11 is 0. The van der Waals surface area contributed by atoms with Crippen molar-refractivity contribution in [1.29, 1.82) is 0 Å². The summed E-state index contributed by atoms with van der Waals surface area (Å²) in [4.78, 5) is 16.5. The summed E-state index contributed by atoms with van der Waals surface area (Å²) in [5, 5.41) is 0. The number of rotatable bonds is 7. The molecule has 0 radical (unpaired) electrons. The van der Waals surface area contributed by atoms with Crippen LogP contribution in [0.3, 0.4) is 0 Å². The lowest BCUT2D eigenvalue weighted by molar-refractivity contribution is -0.135. The number of methoxy groups -OCH3 is 1. The smallest absolute Gasteiger partial charge is 0.225 e. The highest BCUT2D eigenvalue weighted by Gasteiger charge is 2.22. The van der Waals surface area contributed by atoms with Gasteiger partial charge in [0.25, 0.3) is 0 Å². The summed E-state index contributed by atoms with van der Waals surface area (Å²) in [6.07, 6.45) is 1.29. The second-order valence-electron chi connectivity index (χ2n) is 5.76. The zero-order valence-corrected chi connectivity index (χ0v) is 15.9. The van der Waals surface area contributed by atoms with Gasteiger partial charge in [0.1, 0.15) is 0 Å². The molecule has 1 unspecified atom stereocenters. The standard InChI is InChI=1S/C17H27N3O2.2ClH/c1-22-16(14-18)13-17(21)20-11-9-19(10-12-20)8-7-15-5-3-2-4-6-15;;/h2-6,16H,7-14,18H2,1H3;2*1H. The fourth-order valence-corrected chi connectivity index (χ4v) is 2.74. The Morgan fingerprint density at radius 2 is 1.79 bits per heavy atom. The van der Waals surface area contributed by atoms with E-state index in [9.17, 15) is 4.79 Å². The fraction of sp³-hybridized carbons (Fsp3) is 0.588. The zero-order valence-electron chi connectivity index (χ0n) is 14.2.